The maximum Gasteiger partial charge on any atom is 0.191 e. The first-order valence-corrected chi connectivity index (χ1v) is 11.4. The van der Waals surface area contributed by atoms with Gasteiger partial charge in [0, 0.05) is 50.8 Å². The van der Waals surface area contributed by atoms with Crippen LogP contribution in [0, 0.1) is 17.6 Å². The van der Waals surface area contributed by atoms with Crippen LogP contribution in [0.2, 0.25) is 0 Å². The van der Waals surface area contributed by atoms with E-state index in [0.717, 1.165) is 44.9 Å². The minimum absolute atomic E-state index is 0. The van der Waals surface area contributed by atoms with E-state index in [0.29, 0.717) is 12.5 Å². The van der Waals surface area contributed by atoms with Crippen LogP contribution in [-0.2, 0) is 11.3 Å². The van der Waals surface area contributed by atoms with Crippen LogP contribution in [0.15, 0.2) is 53.5 Å². The third-order valence-electron chi connectivity index (χ3n) is 6.39. The fourth-order valence-electron chi connectivity index (χ4n) is 4.69. The number of hydrogen-bond acceptors (Lipinski definition) is 3. The Labute approximate surface area is 212 Å². The van der Waals surface area contributed by atoms with Crippen molar-refractivity contribution in [3.05, 3.63) is 71.3 Å². The average Bonchev–Trinajstić information content (AvgIpc) is 3.29. The second-order valence-electron chi connectivity index (χ2n) is 8.62. The number of nitrogens with one attached hydrogen (secondary N) is 2. The molecule has 4 rings (SSSR count). The zero-order valence-corrected chi connectivity index (χ0v) is 21.3. The summed E-state index contributed by atoms with van der Waals surface area (Å²) in [5, 5.41) is 6.96. The normalized spacial score (nSPS) is 23.7. The number of halogens is 3. The molecule has 2 heterocycles. The van der Waals surface area contributed by atoms with Gasteiger partial charge in [0.2, 0.25) is 0 Å². The van der Waals surface area contributed by atoms with Crippen LogP contribution in [0.4, 0.5) is 8.78 Å². The second kappa shape index (κ2) is 12.6. The molecule has 2 N–H and O–H groups in total. The Bertz CT molecular complexity index is 894. The first kappa shape index (κ1) is 25.8. The largest absolute Gasteiger partial charge is 0.373 e. The monoisotopic (exact) mass is 570 g/mol. The maximum atomic E-state index is 14.0. The molecule has 3 unspecified atom stereocenters. The van der Waals surface area contributed by atoms with E-state index in [1.54, 1.807) is 7.05 Å². The van der Waals surface area contributed by atoms with Crippen LogP contribution in [-0.4, -0.2) is 50.2 Å². The Kier molecular flexibility index (Phi) is 9.88. The Hall–Kier alpha value is -1.78. The van der Waals surface area contributed by atoms with Gasteiger partial charge in [-0.3, -0.25) is 9.89 Å². The van der Waals surface area contributed by atoms with Crippen LogP contribution in [0.5, 0.6) is 0 Å². The average molecular weight is 570 g/mol. The van der Waals surface area contributed by atoms with E-state index in [4.69, 9.17) is 4.74 Å². The summed E-state index contributed by atoms with van der Waals surface area (Å²) in [5.74, 6) is 0.170. The molecule has 0 aromatic heterocycles. The van der Waals surface area contributed by atoms with Crippen LogP contribution in [0.3, 0.4) is 0 Å². The topological polar surface area (TPSA) is 48.9 Å². The molecule has 2 aromatic carbocycles. The van der Waals surface area contributed by atoms with E-state index in [1.165, 1.54) is 23.8 Å². The Balaban J connectivity index is 0.00000306. The lowest BCUT2D eigenvalue weighted by Crippen LogP contribution is -2.51. The lowest BCUT2D eigenvalue weighted by molar-refractivity contribution is 0.0914. The van der Waals surface area contributed by atoms with Crippen molar-refractivity contribution < 1.29 is 13.5 Å². The lowest BCUT2D eigenvalue weighted by atomic mass is 9.95. The number of piperidine rings is 1. The molecule has 2 fully saturated rings. The Morgan fingerprint density at radius 2 is 1.85 bits per heavy atom. The summed E-state index contributed by atoms with van der Waals surface area (Å²) in [4.78, 5) is 6.50. The molecule has 2 aliphatic rings. The molecular formula is C25H33F2IN4O. The first-order valence-electron chi connectivity index (χ1n) is 11.4. The molecule has 8 heteroatoms. The molecule has 0 amide bonds. The third kappa shape index (κ3) is 6.86. The molecule has 0 radical (unpaired) electrons. The van der Waals surface area contributed by atoms with Crippen LogP contribution >= 0.6 is 24.0 Å². The number of ether oxygens (including phenoxy) is 1. The van der Waals surface area contributed by atoms with Gasteiger partial charge in [0.25, 0.3) is 0 Å². The van der Waals surface area contributed by atoms with E-state index < -0.39 is 11.6 Å². The highest BCUT2D eigenvalue weighted by molar-refractivity contribution is 14.0. The molecule has 2 saturated heterocycles. The molecule has 33 heavy (non-hydrogen) atoms. The summed E-state index contributed by atoms with van der Waals surface area (Å²) >= 11 is 0. The van der Waals surface area contributed by atoms with Gasteiger partial charge in [0.1, 0.15) is 11.6 Å². The van der Waals surface area contributed by atoms with E-state index >= 15 is 0 Å². The molecule has 0 spiro atoms. The van der Waals surface area contributed by atoms with Crippen LogP contribution in [0.25, 0.3) is 0 Å². The summed E-state index contributed by atoms with van der Waals surface area (Å²) in [7, 11) is 1.77. The molecule has 5 nitrogen and oxygen atoms in total. The minimum atomic E-state index is -0.482. The van der Waals surface area contributed by atoms with Gasteiger partial charge in [-0.05, 0) is 43.5 Å². The summed E-state index contributed by atoms with van der Waals surface area (Å²) in [6, 6.07) is 14.6. The van der Waals surface area contributed by atoms with Crippen molar-refractivity contribution in [1.29, 1.82) is 0 Å². The smallest absolute Gasteiger partial charge is 0.191 e. The van der Waals surface area contributed by atoms with Crippen molar-refractivity contribution in [2.45, 2.75) is 38.0 Å². The first-order chi connectivity index (χ1) is 15.6. The standard InChI is InChI=1S/C25H32F2N4O.HI/c1-28-25(29-15-19-12-14-32-24(19)18-7-3-2-4-8-18)30-20-9-6-13-31(16-20)17-21-22(26)10-5-11-23(21)27;/h2-5,7-8,10-11,19-20,24H,6,9,12-17H2,1H3,(H2,28,29,30);1H. The van der Waals surface area contributed by atoms with Gasteiger partial charge in [-0.1, -0.05) is 36.4 Å². The highest BCUT2D eigenvalue weighted by atomic mass is 127. The number of likely N-dealkylation sites (tertiary alicyclic amines) is 1. The summed E-state index contributed by atoms with van der Waals surface area (Å²) < 4.78 is 34.1. The molecule has 2 aliphatic heterocycles. The van der Waals surface area contributed by atoms with Crippen molar-refractivity contribution in [2.75, 3.05) is 33.3 Å². The van der Waals surface area contributed by atoms with Crippen molar-refractivity contribution in [3.8, 4) is 0 Å². The predicted molar refractivity (Wildman–Crippen MR) is 138 cm³/mol. The minimum Gasteiger partial charge on any atom is -0.373 e. The molecular weight excluding hydrogens is 537 g/mol. The maximum absolute atomic E-state index is 14.0. The predicted octanol–water partition coefficient (Wildman–Crippen LogP) is 4.49. The van der Waals surface area contributed by atoms with Gasteiger partial charge in [0.15, 0.2) is 5.96 Å². The lowest BCUT2D eigenvalue weighted by Gasteiger charge is -2.34. The number of benzene rings is 2. The molecule has 0 bridgehead atoms. The van der Waals surface area contributed by atoms with Crippen LogP contribution in [0.1, 0.15) is 36.5 Å². The van der Waals surface area contributed by atoms with Crippen LogP contribution < -0.4 is 10.6 Å². The van der Waals surface area contributed by atoms with Crippen molar-refractivity contribution in [2.24, 2.45) is 10.9 Å². The van der Waals surface area contributed by atoms with Gasteiger partial charge in [-0.25, -0.2) is 8.78 Å². The number of rotatable bonds is 6. The van der Waals surface area contributed by atoms with Crippen molar-refractivity contribution in [1.82, 2.24) is 15.5 Å². The zero-order chi connectivity index (χ0) is 22.3. The highest BCUT2D eigenvalue weighted by Gasteiger charge is 2.30. The van der Waals surface area contributed by atoms with Crippen molar-refractivity contribution in [3.63, 3.8) is 0 Å². The second-order valence-corrected chi connectivity index (χ2v) is 8.62. The van der Waals surface area contributed by atoms with Gasteiger partial charge >= 0.3 is 0 Å². The number of aliphatic imine (C=N–C) groups is 1. The summed E-state index contributed by atoms with van der Waals surface area (Å²) in [6.07, 6.45) is 3.07. The molecule has 3 atom stereocenters. The Morgan fingerprint density at radius 1 is 1.09 bits per heavy atom. The van der Waals surface area contributed by atoms with Gasteiger partial charge in [0.05, 0.1) is 6.10 Å². The van der Waals surface area contributed by atoms with Gasteiger partial charge in [-0.15, -0.1) is 24.0 Å². The van der Waals surface area contributed by atoms with Crippen molar-refractivity contribution >= 4 is 29.9 Å². The fourth-order valence-corrected chi connectivity index (χ4v) is 4.69. The summed E-state index contributed by atoms with van der Waals surface area (Å²) in [6.45, 7) is 3.36. The van der Waals surface area contributed by atoms with E-state index in [-0.39, 0.29) is 48.2 Å². The quantitative estimate of drug-likeness (QED) is 0.306. The number of hydrogen-bond donors (Lipinski definition) is 2. The third-order valence-corrected chi connectivity index (χ3v) is 6.39. The number of guanidine groups is 1. The molecule has 0 aliphatic carbocycles. The highest BCUT2D eigenvalue weighted by Crippen LogP contribution is 2.33. The van der Waals surface area contributed by atoms with E-state index in [1.807, 2.05) is 18.2 Å². The van der Waals surface area contributed by atoms with E-state index in [9.17, 15) is 8.78 Å². The van der Waals surface area contributed by atoms with Gasteiger partial charge < -0.3 is 15.4 Å². The van der Waals surface area contributed by atoms with Gasteiger partial charge in [-0.2, -0.15) is 0 Å². The summed E-state index contributed by atoms with van der Waals surface area (Å²) in [5.41, 5.74) is 1.35. The zero-order valence-electron chi connectivity index (χ0n) is 19.0. The molecule has 2 aromatic rings. The SMILES string of the molecule is CN=C(NCC1CCOC1c1ccccc1)NC1CCCN(Cc2c(F)cccc2F)C1.I. The molecule has 0 saturated carbocycles. The fraction of sp³-hybridized carbons (Fsp3) is 0.480. The van der Waals surface area contributed by atoms with E-state index in [2.05, 4.69) is 32.7 Å². The number of nitrogens with zero attached hydrogens (tertiary/aromatic N) is 2. The Morgan fingerprint density at radius 3 is 2.58 bits per heavy atom. The molecule has 180 valence electrons.